The van der Waals surface area contributed by atoms with Gasteiger partial charge in [0.1, 0.15) is 0 Å². The number of carbonyl (C=O) groups is 2. The minimum atomic E-state index is -0.359. The van der Waals surface area contributed by atoms with Gasteiger partial charge in [0.25, 0.3) is 0 Å². The Bertz CT molecular complexity index is 407. The number of unbranched alkanes of at least 4 members (excludes halogenated alkanes) is 1. The third kappa shape index (κ3) is 8.04. The van der Waals surface area contributed by atoms with Crippen LogP contribution < -0.4 is 0 Å². The third-order valence-corrected chi connectivity index (χ3v) is 5.31. The predicted molar refractivity (Wildman–Crippen MR) is 101 cm³/mol. The van der Waals surface area contributed by atoms with Gasteiger partial charge in [-0.1, -0.05) is 33.1 Å². The zero-order valence-corrected chi connectivity index (χ0v) is 16.7. The monoisotopic (exact) mass is 371 g/mol. The van der Waals surface area contributed by atoms with Gasteiger partial charge in [0, 0.05) is 19.0 Å². The molecule has 0 heterocycles. The second-order valence-electron chi connectivity index (χ2n) is 7.40. The molecule has 0 aromatic heterocycles. The number of rotatable bonds is 12. The van der Waals surface area contributed by atoms with Crippen molar-refractivity contribution in [3.63, 3.8) is 0 Å². The number of hydrogen-bond donors (Lipinski definition) is 1. The molecule has 0 spiro atoms. The van der Waals surface area contributed by atoms with E-state index in [4.69, 9.17) is 14.6 Å². The summed E-state index contributed by atoms with van der Waals surface area (Å²) in [5.41, 5.74) is 0. The molecular formula is C20H37NO5. The van der Waals surface area contributed by atoms with Crippen LogP contribution in [0.5, 0.6) is 0 Å². The summed E-state index contributed by atoms with van der Waals surface area (Å²) in [6.07, 6.45) is 7.90. The lowest BCUT2D eigenvalue weighted by Crippen LogP contribution is -2.43. The first-order chi connectivity index (χ1) is 12.5. The SMILES string of the molecule is CCCCC1CCC(C(=O)N(CCOCCO)CC(C)C(=O)OC)CC1. The Morgan fingerprint density at radius 1 is 1.19 bits per heavy atom. The van der Waals surface area contributed by atoms with E-state index < -0.39 is 0 Å². The number of aliphatic hydroxyl groups is 1. The number of methoxy groups -OCH3 is 1. The molecule has 0 aliphatic heterocycles. The highest BCUT2D eigenvalue weighted by molar-refractivity contribution is 5.80. The number of esters is 1. The Labute approximate surface area is 158 Å². The Balaban J connectivity index is 2.57. The number of hydrogen-bond acceptors (Lipinski definition) is 5. The van der Waals surface area contributed by atoms with Crippen LogP contribution in [0, 0.1) is 17.8 Å². The van der Waals surface area contributed by atoms with Gasteiger partial charge in [0.15, 0.2) is 0 Å². The molecule has 1 atom stereocenters. The minimum Gasteiger partial charge on any atom is -0.469 e. The van der Waals surface area contributed by atoms with E-state index in [1.54, 1.807) is 11.8 Å². The van der Waals surface area contributed by atoms with Crippen LogP contribution in [0.15, 0.2) is 0 Å². The number of nitrogens with zero attached hydrogens (tertiary/aromatic N) is 1. The van der Waals surface area contributed by atoms with E-state index in [-0.39, 0.29) is 36.9 Å². The molecule has 0 bridgehead atoms. The van der Waals surface area contributed by atoms with Crippen molar-refractivity contribution in [1.82, 2.24) is 4.90 Å². The fraction of sp³-hybridized carbons (Fsp3) is 0.900. The van der Waals surface area contributed by atoms with E-state index >= 15 is 0 Å². The molecule has 1 unspecified atom stereocenters. The standard InChI is InChI=1S/C20H37NO5/c1-4-5-6-17-7-9-18(10-8-17)19(23)21(11-13-26-14-12-22)15-16(2)20(24)25-3/h16-18,22H,4-15H2,1-3H3. The number of amides is 1. The predicted octanol–water partition coefficient (Wildman–Crippen LogP) is 2.63. The van der Waals surface area contributed by atoms with Crippen LogP contribution in [0.3, 0.4) is 0 Å². The van der Waals surface area contributed by atoms with Crippen molar-refractivity contribution in [2.45, 2.75) is 58.8 Å². The van der Waals surface area contributed by atoms with Gasteiger partial charge < -0.3 is 19.5 Å². The highest BCUT2D eigenvalue weighted by atomic mass is 16.5. The maximum absolute atomic E-state index is 13.0. The minimum absolute atomic E-state index is 0.0334. The van der Waals surface area contributed by atoms with Gasteiger partial charge in [0.2, 0.25) is 5.91 Å². The molecule has 26 heavy (non-hydrogen) atoms. The topological polar surface area (TPSA) is 76.1 Å². The number of ether oxygens (including phenoxy) is 2. The largest absolute Gasteiger partial charge is 0.469 e. The van der Waals surface area contributed by atoms with Crippen molar-refractivity contribution in [3.8, 4) is 0 Å². The van der Waals surface area contributed by atoms with Crippen molar-refractivity contribution in [2.24, 2.45) is 17.8 Å². The van der Waals surface area contributed by atoms with Gasteiger partial charge in [-0.25, -0.2) is 0 Å². The number of carbonyl (C=O) groups excluding carboxylic acids is 2. The van der Waals surface area contributed by atoms with Crippen LogP contribution in [0.4, 0.5) is 0 Å². The summed E-state index contributed by atoms with van der Waals surface area (Å²) in [5, 5.41) is 8.81. The summed E-state index contributed by atoms with van der Waals surface area (Å²) in [5.74, 6) is 0.275. The first kappa shape index (κ1) is 22.9. The molecule has 1 amide bonds. The van der Waals surface area contributed by atoms with Crippen molar-refractivity contribution in [2.75, 3.05) is 40.0 Å². The summed E-state index contributed by atoms with van der Waals surface area (Å²) in [6, 6.07) is 0. The van der Waals surface area contributed by atoms with Crippen LogP contribution in [0.2, 0.25) is 0 Å². The van der Waals surface area contributed by atoms with Crippen molar-refractivity contribution in [3.05, 3.63) is 0 Å². The zero-order valence-electron chi connectivity index (χ0n) is 16.7. The number of aliphatic hydroxyl groups excluding tert-OH is 1. The summed E-state index contributed by atoms with van der Waals surface area (Å²) in [7, 11) is 1.37. The van der Waals surface area contributed by atoms with Crippen LogP contribution in [-0.4, -0.2) is 61.9 Å². The van der Waals surface area contributed by atoms with Gasteiger partial charge in [-0.3, -0.25) is 9.59 Å². The van der Waals surface area contributed by atoms with Crippen molar-refractivity contribution in [1.29, 1.82) is 0 Å². The van der Waals surface area contributed by atoms with Crippen LogP contribution in [-0.2, 0) is 19.1 Å². The molecule has 1 saturated carbocycles. The molecule has 1 aliphatic rings. The Kier molecular flexibility index (Phi) is 11.5. The molecule has 6 heteroatoms. The first-order valence-corrected chi connectivity index (χ1v) is 10.1. The normalized spacial score (nSPS) is 21.2. The summed E-state index contributed by atoms with van der Waals surface area (Å²) in [4.78, 5) is 26.5. The molecule has 1 N–H and O–H groups in total. The molecule has 0 radical (unpaired) electrons. The van der Waals surface area contributed by atoms with Gasteiger partial charge in [-0.15, -0.1) is 0 Å². The van der Waals surface area contributed by atoms with Crippen molar-refractivity contribution >= 4 is 11.9 Å². The lowest BCUT2D eigenvalue weighted by Gasteiger charge is -2.33. The molecule has 0 saturated heterocycles. The van der Waals surface area contributed by atoms with E-state index in [2.05, 4.69) is 6.92 Å². The van der Waals surface area contributed by atoms with E-state index in [1.807, 2.05) is 0 Å². The second-order valence-corrected chi connectivity index (χ2v) is 7.40. The summed E-state index contributed by atoms with van der Waals surface area (Å²) < 4.78 is 10.1. The Morgan fingerprint density at radius 3 is 2.46 bits per heavy atom. The smallest absolute Gasteiger partial charge is 0.310 e. The van der Waals surface area contributed by atoms with Crippen LogP contribution >= 0.6 is 0 Å². The van der Waals surface area contributed by atoms with Gasteiger partial charge in [-0.2, -0.15) is 0 Å². The highest BCUT2D eigenvalue weighted by Crippen LogP contribution is 2.33. The first-order valence-electron chi connectivity index (χ1n) is 10.1. The molecule has 1 fully saturated rings. The Morgan fingerprint density at radius 2 is 1.88 bits per heavy atom. The van der Waals surface area contributed by atoms with Crippen LogP contribution in [0.25, 0.3) is 0 Å². The molecule has 152 valence electrons. The fourth-order valence-electron chi connectivity index (χ4n) is 3.69. The molecule has 0 aromatic rings. The Hall–Kier alpha value is -1.14. The van der Waals surface area contributed by atoms with Gasteiger partial charge in [-0.05, 0) is 31.6 Å². The quantitative estimate of drug-likeness (QED) is 0.422. The average Bonchev–Trinajstić information content (AvgIpc) is 2.67. The maximum atomic E-state index is 13.0. The van der Waals surface area contributed by atoms with E-state index in [9.17, 15) is 9.59 Å². The van der Waals surface area contributed by atoms with Crippen LogP contribution in [0.1, 0.15) is 58.8 Å². The van der Waals surface area contributed by atoms with Gasteiger partial charge >= 0.3 is 5.97 Å². The van der Waals surface area contributed by atoms with Crippen molar-refractivity contribution < 1.29 is 24.2 Å². The zero-order chi connectivity index (χ0) is 19.4. The maximum Gasteiger partial charge on any atom is 0.310 e. The average molecular weight is 372 g/mol. The molecule has 1 aliphatic carbocycles. The molecule has 0 aromatic carbocycles. The van der Waals surface area contributed by atoms with E-state index in [0.29, 0.717) is 19.7 Å². The fourth-order valence-corrected chi connectivity index (χ4v) is 3.69. The van der Waals surface area contributed by atoms with E-state index in [0.717, 1.165) is 31.6 Å². The molecule has 6 nitrogen and oxygen atoms in total. The summed E-state index contributed by atoms with van der Waals surface area (Å²) in [6.45, 7) is 5.38. The van der Waals surface area contributed by atoms with Gasteiger partial charge in [0.05, 0.1) is 32.8 Å². The summed E-state index contributed by atoms with van der Waals surface area (Å²) >= 11 is 0. The second kappa shape index (κ2) is 13.1. The van der Waals surface area contributed by atoms with E-state index in [1.165, 1.54) is 26.4 Å². The lowest BCUT2D eigenvalue weighted by molar-refractivity contribution is -0.147. The molecular weight excluding hydrogens is 334 g/mol. The third-order valence-electron chi connectivity index (χ3n) is 5.31. The highest BCUT2D eigenvalue weighted by Gasteiger charge is 2.30. The lowest BCUT2D eigenvalue weighted by atomic mass is 9.79. The molecule has 1 rings (SSSR count).